The highest BCUT2D eigenvalue weighted by molar-refractivity contribution is 6.34. The number of carbonyl (C=O) groups excluding carboxylic acids is 2. The summed E-state index contributed by atoms with van der Waals surface area (Å²) in [5.74, 6) is -0.323. The number of para-hydroxylation sites is 1. The lowest BCUT2D eigenvalue weighted by atomic mass is 9.91. The maximum absolute atomic E-state index is 13.1. The number of hydrogen-bond acceptors (Lipinski definition) is 2. The van der Waals surface area contributed by atoms with Crippen molar-refractivity contribution in [1.82, 2.24) is 10.6 Å². The van der Waals surface area contributed by atoms with E-state index in [1.54, 1.807) is 31.2 Å². The van der Waals surface area contributed by atoms with Gasteiger partial charge in [-0.1, -0.05) is 66.2 Å². The third-order valence-corrected chi connectivity index (χ3v) is 5.10. The van der Waals surface area contributed by atoms with Gasteiger partial charge in [-0.2, -0.15) is 0 Å². The second-order valence-electron chi connectivity index (χ2n) is 6.57. The van der Waals surface area contributed by atoms with E-state index in [0.29, 0.717) is 22.0 Å². The first-order valence-corrected chi connectivity index (χ1v) is 9.24. The average Bonchev–Trinajstić information content (AvgIpc) is 2.68. The van der Waals surface area contributed by atoms with E-state index in [4.69, 9.17) is 11.6 Å². The van der Waals surface area contributed by atoms with E-state index in [2.05, 4.69) is 16.0 Å². The number of allylic oxidation sites excluding steroid dienone is 1. The predicted octanol–water partition coefficient (Wildman–Crippen LogP) is 4.76. The maximum Gasteiger partial charge on any atom is 0.319 e. The summed E-state index contributed by atoms with van der Waals surface area (Å²) in [6, 6.07) is 19.8. The maximum atomic E-state index is 13.1. The minimum absolute atomic E-state index is 0.323. The summed E-state index contributed by atoms with van der Waals surface area (Å²) in [4.78, 5) is 25.3. The summed E-state index contributed by atoms with van der Waals surface area (Å²) in [6.07, 6.45) is 0. The molecule has 1 heterocycles. The van der Waals surface area contributed by atoms with Gasteiger partial charge in [0.2, 0.25) is 0 Å². The van der Waals surface area contributed by atoms with Crippen LogP contribution in [0, 0.1) is 0 Å². The number of rotatable bonds is 3. The van der Waals surface area contributed by atoms with Crippen LogP contribution >= 0.6 is 11.6 Å². The molecular weight excluding hydrogens is 374 g/mol. The standard InChI is InChI=1S/C22H18ClN3O2/c1-13-19(21(27)25-18-12-5-4-11-17(18)23)20(26-22(28)24-13)16-10-6-8-14-7-2-3-9-15(14)16/h2-12,20H,1H3,(H,25,27)(H2,24,26,28)/t20-/m0/s1. The molecule has 0 saturated carbocycles. The van der Waals surface area contributed by atoms with Crippen molar-refractivity contribution in [2.24, 2.45) is 0 Å². The highest BCUT2D eigenvalue weighted by atomic mass is 35.5. The lowest BCUT2D eigenvalue weighted by molar-refractivity contribution is -0.113. The average molecular weight is 392 g/mol. The zero-order chi connectivity index (χ0) is 19.7. The van der Waals surface area contributed by atoms with Crippen LogP contribution < -0.4 is 16.0 Å². The van der Waals surface area contributed by atoms with Gasteiger partial charge in [0.1, 0.15) is 0 Å². The Morgan fingerprint density at radius 3 is 2.54 bits per heavy atom. The molecule has 3 N–H and O–H groups in total. The van der Waals surface area contributed by atoms with Crippen molar-refractivity contribution in [2.75, 3.05) is 5.32 Å². The number of fused-ring (bicyclic) bond motifs is 1. The van der Waals surface area contributed by atoms with Crippen molar-refractivity contribution in [3.8, 4) is 0 Å². The van der Waals surface area contributed by atoms with Gasteiger partial charge in [0.15, 0.2) is 0 Å². The van der Waals surface area contributed by atoms with Crippen LogP contribution in [0.1, 0.15) is 18.5 Å². The second kappa shape index (κ2) is 7.37. The van der Waals surface area contributed by atoms with E-state index < -0.39 is 6.04 Å². The van der Waals surface area contributed by atoms with Crippen LogP contribution in [-0.2, 0) is 4.79 Å². The third kappa shape index (κ3) is 3.32. The fourth-order valence-corrected chi connectivity index (χ4v) is 3.67. The molecule has 3 aromatic rings. The van der Waals surface area contributed by atoms with E-state index in [9.17, 15) is 9.59 Å². The third-order valence-electron chi connectivity index (χ3n) is 4.77. The monoisotopic (exact) mass is 391 g/mol. The Morgan fingerprint density at radius 1 is 1.00 bits per heavy atom. The zero-order valence-electron chi connectivity index (χ0n) is 15.1. The molecule has 0 bridgehead atoms. The topological polar surface area (TPSA) is 70.2 Å². The van der Waals surface area contributed by atoms with Gasteiger partial charge in [-0.3, -0.25) is 4.79 Å². The first kappa shape index (κ1) is 18.1. The van der Waals surface area contributed by atoms with Gasteiger partial charge in [-0.25, -0.2) is 4.79 Å². The van der Waals surface area contributed by atoms with Crippen LogP contribution in [0.25, 0.3) is 10.8 Å². The minimum atomic E-state index is -0.581. The molecule has 28 heavy (non-hydrogen) atoms. The highest BCUT2D eigenvalue weighted by Crippen LogP contribution is 2.33. The largest absolute Gasteiger partial charge is 0.327 e. The lowest BCUT2D eigenvalue weighted by Crippen LogP contribution is -2.46. The molecule has 0 fully saturated rings. The summed E-state index contributed by atoms with van der Waals surface area (Å²) >= 11 is 6.18. The molecule has 0 aromatic heterocycles. The summed E-state index contributed by atoms with van der Waals surface area (Å²) in [5.41, 5.74) is 2.32. The van der Waals surface area contributed by atoms with Crippen molar-refractivity contribution in [1.29, 1.82) is 0 Å². The second-order valence-corrected chi connectivity index (χ2v) is 6.98. The van der Waals surface area contributed by atoms with Gasteiger partial charge >= 0.3 is 6.03 Å². The smallest absolute Gasteiger partial charge is 0.319 e. The molecule has 140 valence electrons. The summed E-state index contributed by atoms with van der Waals surface area (Å²) in [6.45, 7) is 1.72. The van der Waals surface area contributed by atoms with Crippen molar-refractivity contribution in [3.63, 3.8) is 0 Å². The van der Waals surface area contributed by atoms with Gasteiger partial charge in [-0.15, -0.1) is 0 Å². The minimum Gasteiger partial charge on any atom is -0.327 e. The van der Waals surface area contributed by atoms with E-state index in [1.807, 2.05) is 42.5 Å². The number of benzene rings is 3. The molecule has 0 radical (unpaired) electrons. The molecule has 3 amide bonds. The van der Waals surface area contributed by atoms with E-state index in [-0.39, 0.29) is 11.9 Å². The van der Waals surface area contributed by atoms with E-state index in [0.717, 1.165) is 16.3 Å². The SMILES string of the molecule is CC1=C(C(=O)Nc2ccccc2Cl)[C@H](c2cccc3ccccc23)NC(=O)N1. The van der Waals surface area contributed by atoms with Crippen LogP contribution in [0.5, 0.6) is 0 Å². The molecule has 1 atom stereocenters. The van der Waals surface area contributed by atoms with Crippen LogP contribution in [0.15, 0.2) is 78.0 Å². The normalized spacial score (nSPS) is 16.5. The molecule has 0 unspecified atom stereocenters. The molecular formula is C22H18ClN3O2. The Hall–Kier alpha value is -3.31. The Balaban J connectivity index is 1.79. The highest BCUT2D eigenvalue weighted by Gasteiger charge is 2.32. The predicted molar refractivity (Wildman–Crippen MR) is 111 cm³/mol. The first-order valence-electron chi connectivity index (χ1n) is 8.86. The number of nitrogens with one attached hydrogen (secondary N) is 3. The summed E-state index contributed by atoms with van der Waals surface area (Å²) < 4.78 is 0. The number of hydrogen-bond donors (Lipinski definition) is 3. The molecule has 0 spiro atoms. The number of carbonyl (C=O) groups is 2. The zero-order valence-corrected chi connectivity index (χ0v) is 15.9. The quantitative estimate of drug-likeness (QED) is 0.602. The van der Waals surface area contributed by atoms with Crippen molar-refractivity contribution >= 4 is 40.0 Å². The number of anilines is 1. The van der Waals surface area contributed by atoms with Crippen LogP contribution in [0.4, 0.5) is 10.5 Å². The van der Waals surface area contributed by atoms with Gasteiger partial charge in [-0.05, 0) is 35.4 Å². The number of urea groups is 1. The van der Waals surface area contributed by atoms with Gasteiger partial charge in [0.25, 0.3) is 5.91 Å². The van der Waals surface area contributed by atoms with Crippen LogP contribution in [0.3, 0.4) is 0 Å². The van der Waals surface area contributed by atoms with Crippen LogP contribution in [0.2, 0.25) is 5.02 Å². The van der Waals surface area contributed by atoms with Gasteiger partial charge in [0, 0.05) is 5.70 Å². The fourth-order valence-electron chi connectivity index (χ4n) is 3.48. The molecule has 0 aliphatic carbocycles. The molecule has 5 nitrogen and oxygen atoms in total. The van der Waals surface area contributed by atoms with Gasteiger partial charge in [0.05, 0.1) is 22.3 Å². The molecule has 1 aliphatic heterocycles. The molecule has 4 rings (SSSR count). The van der Waals surface area contributed by atoms with Crippen molar-refractivity contribution in [2.45, 2.75) is 13.0 Å². The number of amides is 3. The first-order chi connectivity index (χ1) is 13.5. The molecule has 3 aromatic carbocycles. The Morgan fingerprint density at radius 2 is 1.71 bits per heavy atom. The molecule has 0 saturated heterocycles. The van der Waals surface area contributed by atoms with Gasteiger partial charge < -0.3 is 16.0 Å². The Kier molecular flexibility index (Phi) is 4.75. The summed E-state index contributed by atoms with van der Waals surface area (Å²) in [7, 11) is 0. The van der Waals surface area contributed by atoms with E-state index in [1.165, 1.54) is 0 Å². The summed E-state index contributed by atoms with van der Waals surface area (Å²) in [5, 5.41) is 10.9. The van der Waals surface area contributed by atoms with E-state index >= 15 is 0 Å². The van der Waals surface area contributed by atoms with Crippen LogP contribution in [-0.4, -0.2) is 11.9 Å². The van der Waals surface area contributed by atoms with Crippen molar-refractivity contribution in [3.05, 3.63) is 88.6 Å². The lowest BCUT2D eigenvalue weighted by Gasteiger charge is -2.29. The number of halogens is 1. The van der Waals surface area contributed by atoms with Crippen molar-refractivity contribution < 1.29 is 9.59 Å². The molecule has 1 aliphatic rings. The Bertz CT molecular complexity index is 1120. The molecule has 6 heteroatoms. The Labute approximate surface area is 167 Å². The fraction of sp³-hybridized carbons (Fsp3) is 0.0909.